The normalized spacial score (nSPS) is 21.1. The number of anilines is 1. The first-order valence-corrected chi connectivity index (χ1v) is 5.11. The predicted molar refractivity (Wildman–Crippen MR) is 56.2 cm³/mol. The van der Waals surface area contributed by atoms with E-state index in [1.807, 2.05) is 0 Å². The number of alkyl halides is 3. The first kappa shape index (κ1) is 11.9. The third-order valence-corrected chi connectivity index (χ3v) is 2.72. The van der Waals surface area contributed by atoms with Gasteiger partial charge in [0.2, 0.25) is 0 Å². The molecule has 1 heterocycles. The van der Waals surface area contributed by atoms with Crippen molar-refractivity contribution < 1.29 is 18.0 Å². The van der Waals surface area contributed by atoms with Gasteiger partial charge in [-0.1, -0.05) is 18.2 Å². The maximum atomic E-state index is 12.5. The fourth-order valence-electron chi connectivity index (χ4n) is 1.78. The Balaban J connectivity index is 2.27. The molecule has 1 aromatic rings. The van der Waals surface area contributed by atoms with E-state index in [1.165, 1.54) is 0 Å². The van der Waals surface area contributed by atoms with E-state index in [9.17, 15) is 18.0 Å². The van der Waals surface area contributed by atoms with Crippen molar-refractivity contribution >= 4 is 11.6 Å². The number of aryl methyl sites for hydroxylation is 1. The number of nitrogens with one attached hydrogen (secondary N) is 1. The van der Waals surface area contributed by atoms with Crippen molar-refractivity contribution in [2.24, 2.45) is 5.92 Å². The lowest BCUT2D eigenvalue weighted by Crippen LogP contribution is -2.37. The zero-order chi connectivity index (χ0) is 12.6. The highest BCUT2D eigenvalue weighted by Gasteiger charge is 2.50. The van der Waals surface area contributed by atoms with E-state index in [2.05, 4.69) is 5.43 Å². The molecule has 0 spiro atoms. The zero-order valence-corrected chi connectivity index (χ0v) is 9.08. The van der Waals surface area contributed by atoms with Crippen LogP contribution in [0.3, 0.4) is 0 Å². The first-order chi connectivity index (χ1) is 7.91. The molecule has 1 N–H and O–H groups in total. The molecule has 0 saturated carbocycles. The van der Waals surface area contributed by atoms with Gasteiger partial charge in [-0.2, -0.15) is 13.2 Å². The highest BCUT2D eigenvalue weighted by molar-refractivity contribution is 5.97. The molecule has 1 atom stereocenters. The Bertz CT molecular complexity index is 445. The standard InChI is InChI=1S/C11H11F3N2O/c1-7-4-2-3-5-9(7)16-10(17)8(6-15-16)11(12,13)14/h2-5,8,15H,6H2,1H3. The molecule has 92 valence electrons. The van der Waals surface area contributed by atoms with Crippen LogP contribution in [0.1, 0.15) is 5.56 Å². The minimum Gasteiger partial charge on any atom is -0.272 e. The van der Waals surface area contributed by atoms with Crippen LogP contribution in [0.25, 0.3) is 0 Å². The number of halogens is 3. The van der Waals surface area contributed by atoms with Crippen LogP contribution in [0.15, 0.2) is 24.3 Å². The van der Waals surface area contributed by atoms with Crippen LogP contribution in [0, 0.1) is 12.8 Å². The van der Waals surface area contributed by atoms with E-state index in [0.29, 0.717) is 5.69 Å². The maximum Gasteiger partial charge on any atom is 0.401 e. The number of hydrogen-bond acceptors (Lipinski definition) is 2. The van der Waals surface area contributed by atoms with Crippen molar-refractivity contribution in [2.45, 2.75) is 13.1 Å². The smallest absolute Gasteiger partial charge is 0.272 e. The average Bonchev–Trinajstić information content (AvgIpc) is 2.60. The van der Waals surface area contributed by atoms with Gasteiger partial charge < -0.3 is 0 Å². The number of nitrogens with zero attached hydrogens (tertiary/aromatic N) is 1. The number of hydrazine groups is 1. The van der Waals surface area contributed by atoms with Crippen LogP contribution in [-0.2, 0) is 4.79 Å². The van der Waals surface area contributed by atoms with Crippen LogP contribution >= 0.6 is 0 Å². The minimum atomic E-state index is -4.50. The molecule has 17 heavy (non-hydrogen) atoms. The van der Waals surface area contributed by atoms with E-state index in [0.717, 1.165) is 10.6 Å². The Morgan fingerprint density at radius 2 is 2.00 bits per heavy atom. The number of para-hydroxylation sites is 1. The predicted octanol–water partition coefficient (Wildman–Crippen LogP) is 2.02. The lowest BCUT2D eigenvalue weighted by molar-refractivity contribution is -0.174. The Hall–Kier alpha value is -1.56. The Morgan fingerprint density at radius 1 is 1.35 bits per heavy atom. The highest BCUT2D eigenvalue weighted by Crippen LogP contribution is 2.32. The van der Waals surface area contributed by atoms with E-state index in [-0.39, 0.29) is 0 Å². The van der Waals surface area contributed by atoms with Gasteiger partial charge in [0.15, 0.2) is 0 Å². The van der Waals surface area contributed by atoms with Gasteiger partial charge in [0.1, 0.15) is 5.92 Å². The summed E-state index contributed by atoms with van der Waals surface area (Å²) in [6.45, 7) is 1.34. The number of rotatable bonds is 1. The summed E-state index contributed by atoms with van der Waals surface area (Å²) in [6, 6.07) is 6.79. The summed E-state index contributed by atoms with van der Waals surface area (Å²) in [4.78, 5) is 11.6. The van der Waals surface area contributed by atoms with Gasteiger partial charge in [-0.3, -0.25) is 4.79 Å². The van der Waals surface area contributed by atoms with Gasteiger partial charge >= 0.3 is 6.18 Å². The van der Waals surface area contributed by atoms with Crippen LogP contribution in [-0.4, -0.2) is 18.6 Å². The largest absolute Gasteiger partial charge is 0.401 e. The molecule has 1 aliphatic heterocycles. The van der Waals surface area contributed by atoms with E-state index < -0.39 is 24.5 Å². The Labute approximate surface area is 96.2 Å². The summed E-state index contributed by atoms with van der Waals surface area (Å²) >= 11 is 0. The molecule has 0 bridgehead atoms. The van der Waals surface area contributed by atoms with Gasteiger partial charge in [-0.15, -0.1) is 0 Å². The second kappa shape index (κ2) is 4.03. The lowest BCUT2D eigenvalue weighted by atomic mass is 10.1. The Morgan fingerprint density at radius 3 is 2.53 bits per heavy atom. The number of amides is 1. The molecular weight excluding hydrogens is 233 g/mol. The summed E-state index contributed by atoms with van der Waals surface area (Å²) in [5.74, 6) is -2.91. The molecule has 0 radical (unpaired) electrons. The summed E-state index contributed by atoms with van der Waals surface area (Å²) in [5, 5.41) is 0.980. The topological polar surface area (TPSA) is 32.3 Å². The van der Waals surface area contributed by atoms with E-state index >= 15 is 0 Å². The third-order valence-electron chi connectivity index (χ3n) is 2.72. The van der Waals surface area contributed by atoms with E-state index in [4.69, 9.17) is 0 Å². The minimum absolute atomic E-state index is 0.406. The zero-order valence-electron chi connectivity index (χ0n) is 9.08. The Kier molecular flexibility index (Phi) is 2.82. The van der Waals surface area contributed by atoms with Crippen molar-refractivity contribution in [1.29, 1.82) is 0 Å². The molecule has 1 aliphatic rings. The second-order valence-electron chi connectivity index (χ2n) is 3.92. The van der Waals surface area contributed by atoms with Crippen molar-refractivity contribution in [3.63, 3.8) is 0 Å². The molecule has 0 aliphatic carbocycles. The molecular formula is C11H11F3N2O. The quantitative estimate of drug-likeness (QED) is 0.819. The number of carbonyl (C=O) groups is 1. The molecule has 2 rings (SSSR count). The summed E-state index contributed by atoms with van der Waals surface area (Å²) < 4.78 is 37.5. The maximum absolute atomic E-state index is 12.5. The summed E-state index contributed by atoms with van der Waals surface area (Å²) in [7, 11) is 0. The van der Waals surface area contributed by atoms with Crippen LogP contribution in [0.4, 0.5) is 18.9 Å². The lowest BCUT2D eigenvalue weighted by Gasteiger charge is -2.18. The highest BCUT2D eigenvalue weighted by atomic mass is 19.4. The fourth-order valence-corrected chi connectivity index (χ4v) is 1.78. The molecule has 0 aromatic heterocycles. The van der Waals surface area contributed by atoms with Crippen molar-refractivity contribution in [3.8, 4) is 0 Å². The number of carbonyl (C=O) groups excluding carboxylic acids is 1. The first-order valence-electron chi connectivity index (χ1n) is 5.11. The second-order valence-corrected chi connectivity index (χ2v) is 3.92. The van der Waals surface area contributed by atoms with E-state index in [1.54, 1.807) is 31.2 Å². The number of hydrogen-bond donors (Lipinski definition) is 1. The molecule has 1 unspecified atom stereocenters. The molecule has 1 aromatic carbocycles. The van der Waals surface area contributed by atoms with Gasteiger partial charge in [-0.05, 0) is 18.6 Å². The van der Waals surface area contributed by atoms with Gasteiger partial charge in [-0.25, -0.2) is 10.4 Å². The molecule has 6 heteroatoms. The monoisotopic (exact) mass is 244 g/mol. The van der Waals surface area contributed by atoms with Crippen molar-refractivity contribution in [3.05, 3.63) is 29.8 Å². The molecule has 1 saturated heterocycles. The van der Waals surface area contributed by atoms with Crippen molar-refractivity contribution in [1.82, 2.24) is 5.43 Å². The fraction of sp³-hybridized carbons (Fsp3) is 0.364. The average molecular weight is 244 g/mol. The van der Waals surface area contributed by atoms with Gasteiger partial charge in [0, 0.05) is 6.54 Å². The molecule has 3 nitrogen and oxygen atoms in total. The summed E-state index contributed by atoms with van der Waals surface area (Å²) in [5.41, 5.74) is 3.69. The SMILES string of the molecule is Cc1ccccc1N1NCC(C(F)(F)F)C1=O. The number of benzene rings is 1. The molecule has 1 fully saturated rings. The van der Waals surface area contributed by atoms with Gasteiger partial charge in [0.25, 0.3) is 5.91 Å². The summed E-state index contributed by atoms with van der Waals surface area (Å²) in [6.07, 6.45) is -4.50. The van der Waals surface area contributed by atoms with Gasteiger partial charge in [0.05, 0.1) is 5.69 Å². The molecule has 1 amide bonds. The third kappa shape index (κ3) is 2.12. The van der Waals surface area contributed by atoms with Crippen LogP contribution < -0.4 is 10.4 Å². The van der Waals surface area contributed by atoms with Crippen LogP contribution in [0.5, 0.6) is 0 Å². The van der Waals surface area contributed by atoms with Crippen molar-refractivity contribution in [2.75, 3.05) is 11.6 Å². The van der Waals surface area contributed by atoms with Crippen LogP contribution in [0.2, 0.25) is 0 Å².